The molecule has 0 radical (unpaired) electrons. The smallest absolute Gasteiger partial charge is 0.333 e. The lowest BCUT2D eigenvalue weighted by molar-refractivity contribution is -0.149. The van der Waals surface area contributed by atoms with E-state index in [9.17, 15) is 9.90 Å². The van der Waals surface area contributed by atoms with Crippen LogP contribution in [0.3, 0.4) is 0 Å². The molecular weight excluding hydrogens is 426 g/mol. The number of carbonyl (C=O) groups is 1. The maximum absolute atomic E-state index is 11.3. The Morgan fingerprint density at radius 1 is 1.16 bits per heavy atom. The Labute approximate surface area is 192 Å². The number of ether oxygens (including phenoxy) is 3. The van der Waals surface area contributed by atoms with E-state index in [2.05, 4.69) is 6.92 Å². The fourth-order valence-corrected chi connectivity index (χ4v) is 4.37. The van der Waals surface area contributed by atoms with Crippen molar-refractivity contribution in [2.75, 3.05) is 20.3 Å². The summed E-state index contributed by atoms with van der Waals surface area (Å²) in [7, 11) is 1.66. The van der Waals surface area contributed by atoms with Gasteiger partial charge in [-0.15, -0.1) is 11.3 Å². The van der Waals surface area contributed by atoms with Gasteiger partial charge >= 0.3 is 5.97 Å². The van der Waals surface area contributed by atoms with Gasteiger partial charge in [0, 0.05) is 29.9 Å². The van der Waals surface area contributed by atoms with Gasteiger partial charge in [0.25, 0.3) is 0 Å². The second-order valence-electron chi connectivity index (χ2n) is 7.44. The van der Waals surface area contributed by atoms with Gasteiger partial charge in [-0.2, -0.15) is 0 Å². The molecule has 32 heavy (non-hydrogen) atoms. The number of nitrogens with zero attached hydrogens (tertiary/aromatic N) is 1. The Morgan fingerprint density at radius 2 is 1.91 bits per heavy atom. The fraction of sp³-hybridized carbons (Fsp3) is 0.360. The van der Waals surface area contributed by atoms with Crippen LogP contribution in [0.1, 0.15) is 28.6 Å². The highest BCUT2D eigenvalue weighted by Crippen LogP contribution is 2.29. The van der Waals surface area contributed by atoms with Crippen molar-refractivity contribution in [1.29, 1.82) is 0 Å². The maximum Gasteiger partial charge on any atom is 0.333 e. The maximum atomic E-state index is 11.3. The molecule has 0 spiro atoms. The minimum atomic E-state index is -0.947. The lowest BCUT2D eigenvalue weighted by Gasteiger charge is -2.14. The van der Waals surface area contributed by atoms with E-state index in [0.717, 1.165) is 38.9 Å². The topological polar surface area (TPSA) is 77.9 Å². The Kier molecular flexibility index (Phi) is 8.25. The van der Waals surface area contributed by atoms with Gasteiger partial charge in [-0.25, -0.2) is 9.78 Å². The number of hydrogen-bond acceptors (Lipinski definition) is 6. The number of aryl methyl sites for hydroxylation is 2. The summed E-state index contributed by atoms with van der Waals surface area (Å²) in [5.74, 6) is 0.672. The van der Waals surface area contributed by atoms with Crippen molar-refractivity contribution in [2.24, 2.45) is 0 Å². The Balaban J connectivity index is 1.59. The minimum absolute atomic E-state index is 0.330. The highest BCUT2D eigenvalue weighted by Gasteiger charge is 2.18. The molecule has 0 bridgehead atoms. The number of carboxylic acids is 1. The average molecular weight is 456 g/mol. The molecule has 1 aromatic heterocycles. The van der Waals surface area contributed by atoms with E-state index in [1.807, 2.05) is 49.4 Å². The summed E-state index contributed by atoms with van der Waals surface area (Å²) in [5.41, 5.74) is 3.99. The third-order valence-electron chi connectivity index (χ3n) is 5.13. The van der Waals surface area contributed by atoms with E-state index in [1.54, 1.807) is 25.4 Å². The van der Waals surface area contributed by atoms with Crippen molar-refractivity contribution in [3.63, 3.8) is 0 Å². The van der Waals surface area contributed by atoms with E-state index in [4.69, 9.17) is 19.2 Å². The first-order valence-electron chi connectivity index (χ1n) is 10.6. The molecule has 1 N–H and O–H groups in total. The number of carboxylic acid groups (broad SMARTS) is 1. The van der Waals surface area contributed by atoms with Gasteiger partial charge in [-0.3, -0.25) is 0 Å². The number of methoxy groups -OCH3 is 1. The zero-order chi connectivity index (χ0) is 23.1. The first kappa shape index (κ1) is 23.8. The molecule has 1 atom stereocenters. The molecule has 0 amide bonds. The molecule has 0 saturated heterocycles. The quantitative estimate of drug-likeness (QED) is 0.434. The highest BCUT2D eigenvalue weighted by molar-refractivity contribution is 7.15. The largest absolute Gasteiger partial charge is 0.497 e. The van der Waals surface area contributed by atoms with Crippen molar-refractivity contribution in [2.45, 2.75) is 39.7 Å². The summed E-state index contributed by atoms with van der Waals surface area (Å²) >= 11 is 1.68. The van der Waals surface area contributed by atoms with Gasteiger partial charge in [0.1, 0.15) is 16.5 Å². The Hall–Kier alpha value is -2.90. The fourth-order valence-electron chi connectivity index (χ4n) is 3.41. The van der Waals surface area contributed by atoms with Crippen LogP contribution >= 0.6 is 11.3 Å². The molecule has 6 nitrogen and oxygen atoms in total. The Bertz CT molecular complexity index is 1040. The molecule has 7 heteroatoms. The highest BCUT2D eigenvalue weighted by atomic mass is 32.1. The van der Waals surface area contributed by atoms with Gasteiger partial charge in [0.2, 0.25) is 0 Å². The third-order valence-corrected chi connectivity index (χ3v) is 6.19. The molecule has 0 aliphatic rings. The molecule has 0 aliphatic heterocycles. The third kappa shape index (κ3) is 6.08. The van der Waals surface area contributed by atoms with Gasteiger partial charge in [0.05, 0.1) is 19.4 Å². The first-order valence-corrected chi connectivity index (χ1v) is 11.4. The van der Waals surface area contributed by atoms with Crippen molar-refractivity contribution >= 4 is 17.3 Å². The SMILES string of the molecule is CCOC(Cc1ccc(OCCc2nc(-c3ccc(OC)cc3)sc2C)c(C)c1)C(=O)O. The summed E-state index contributed by atoms with van der Waals surface area (Å²) in [5, 5.41) is 10.3. The number of aliphatic carboxylic acids is 1. The molecule has 2 aromatic carbocycles. The summed E-state index contributed by atoms with van der Waals surface area (Å²) in [6.07, 6.45) is 0.209. The van der Waals surface area contributed by atoms with Crippen LogP contribution in [0, 0.1) is 13.8 Å². The number of hydrogen-bond donors (Lipinski definition) is 1. The van der Waals surface area contributed by atoms with Crippen molar-refractivity contribution in [3.05, 3.63) is 64.2 Å². The lowest BCUT2D eigenvalue weighted by atomic mass is 10.0. The zero-order valence-electron chi connectivity index (χ0n) is 18.9. The van der Waals surface area contributed by atoms with E-state index in [1.165, 1.54) is 4.88 Å². The van der Waals surface area contributed by atoms with Crippen LogP contribution in [-0.4, -0.2) is 42.5 Å². The molecule has 0 aliphatic carbocycles. The molecule has 0 fully saturated rings. The predicted octanol–water partition coefficient (Wildman–Crippen LogP) is 5.09. The molecule has 3 aromatic rings. The van der Waals surface area contributed by atoms with E-state index in [-0.39, 0.29) is 0 Å². The van der Waals surface area contributed by atoms with Crippen LogP contribution in [0.5, 0.6) is 11.5 Å². The van der Waals surface area contributed by atoms with Gasteiger partial charge < -0.3 is 19.3 Å². The number of thiazole rings is 1. The summed E-state index contributed by atoms with van der Waals surface area (Å²) in [4.78, 5) is 17.3. The first-order chi connectivity index (χ1) is 15.4. The molecular formula is C25H29NO5S. The van der Waals surface area contributed by atoms with Gasteiger partial charge in [-0.05, 0) is 62.2 Å². The van der Waals surface area contributed by atoms with Crippen molar-refractivity contribution in [3.8, 4) is 22.1 Å². The van der Waals surface area contributed by atoms with E-state index in [0.29, 0.717) is 26.1 Å². The molecule has 1 unspecified atom stereocenters. The lowest BCUT2D eigenvalue weighted by Crippen LogP contribution is -2.26. The minimum Gasteiger partial charge on any atom is -0.497 e. The Morgan fingerprint density at radius 3 is 2.53 bits per heavy atom. The van der Waals surface area contributed by atoms with Crippen molar-refractivity contribution in [1.82, 2.24) is 4.98 Å². The molecule has 170 valence electrons. The van der Waals surface area contributed by atoms with Gasteiger partial charge in [-0.1, -0.05) is 12.1 Å². The van der Waals surface area contributed by atoms with Crippen LogP contribution in [0.25, 0.3) is 10.6 Å². The molecule has 3 rings (SSSR count). The van der Waals surface area contributed by atoms with Crippen LogP contribution in [0.15, 0.2) is 42.5 Å². The summed E-state index contributed by atoms with van der Waals surface area (Å²) in [6, 6.07) is 13.7. The van der Waals surface area contributed by atoms with Crippen LogP contribution in [0.4, 0.5) is 0 Å². The molecule has 0 saturated carbocycles. The summed E-state index contributed by atoms with van der Waals surface area (Å²) in [6.45, 7) is 6.72. The second kappa shape index (κ2) is 11.1. The molecule has 1 heterocycles. The van der Waals surface area contributed by atoms with Gasteiger partial charge in [0.15, 0.2) is 6.10 Å². The number of aromatic nitrogens is 1. The van der Waals surface area contributed by atoms with Crippen LogP contribution in [-0.2, 0) is 22.4 Å². The van der Waals surface area contributed by atoms with Crippen LogP contribution < -0.4 is 9.47 Å². The monoisotopic (exact) mass is 455 g/mol. The van der Waals surface area contributed by atoms with Crippen LogP contribution in [0.2, 0.25) is 0 Å². The summed E-state index contributed by atoms with van der Waals surface area (Å²) < 4.78 is 16.5. The normalized spacial score (nSPS) is 11.9. The average Bonchev–Trinajstić information content (AvgIpc) is 3.15. The van der Waals surface area contributed by atoms with E-state index < -0.39 is 12.1 Å². The number of rotatable bonds is 11. The van der Waals surface area contributed by atoms with E-state index >= 15 is 0 Å². The van der Waals surface area contributed by atoms with Crippen molar-refractivity contribution < 1.29 is 24.1 Å². The predicted molar refractivity (Wildman–Crippen MR) is 126 cm³/mol. The second-order valence-corrected chi connectivity index (χ2v) is 8.64. The number of benzene rings is 2. The standard InChI is InChI=1S/C25H29NO5S/c1-5-30-23(25(27)28)15-18-6-11-22(16(2)14-18)31-13-12-21-17(3)32-24(26-21)19-7-9-20(29-4)10-8-19/h6-11,14,23H,5,12-13,15H2,1-4H3,(H,27,28). The zero-order valence-corrected chi connectivity index (χ0v) is 19.7.